The molecule has 1 aromatic rings. The van der Waals surface area contributed by atoms with Gasteiger partial charge in [-0.25, -0.2) is 8.42 Å². The van der Waals surface area contributed by atoms with Crippen LogP contribution in [0.1, 0.15) is 37.6 Å². The van der Waals surface area contributed by atoms with Gasteiger partial charge in [-0.05, 0) is 54.4 Å². The Hall–Kier alpha value is -0.590. The second-order valence-corrected chi connectivity index (χ2v) is 7.82. The fraction of sp³-hybridized carbons (Fsp3) is 0.462. The first-order valence-corrected chi connectivity index (χ1v) is 9.37. The van der Waals surface area contributed by atoms with Crippen LogP contribution in [0.15, 0.2) is 27.6 Å². The molecule has 0 spiro atoms. The molecule has 0 saturated heterocycles. The average molecular weight is 383 g/mol. The van der Waals surface area contributed by atoms with Gasteiger partial charge in [0.1, 0.15) is 0 Å². The van der Waals surface area contributed by atoms with E-state index >= 15 is 0 Å². The van der Waals surface area contributed by atoms with E-state index in [-0.39, 0.29) is 16.8 Å². The lowest BCUT2D eigenvalue weighted by Gasteiger charge is -2.27. The van der Waals surface area contributed by atoms with Crippen LogP contribution >= 0.6 is 26.6 Å². The molecule has 1 rings (SSSR count). The number of hydrogen-bond acceptors (Lipinski definition) is 3. The molecule has 1 unspecified atom stereocenters. The second kappa shape index (κ2) is 6.91. The van der Waals surface area contributed by atoms with E-state index in [4.69, 9.17) is 10.7 Å². The fourth-order valence-corrected chi connectivity index (χ4v) is 3.98. The molecule has 0 aliphatic rings. The summed E-state index contributed by atoms with van der Waals surface area (Å²) >= 11 is 3.12. The van der Waals surface area contributed by atoms with Crippen molar-refractivity contribution in [3.05, 3.63) is 28.2 Å². The van der Waals surface area contributed by atoms with Crippen LogP contribution in [0, 0.1) is 0 Å². The Morgan fingerprint density at radius 3 is 2.45 bits per heavy atom. The zero-order chi connectivity index (χ0) is 15.5. The largest absolute Gasteiger partial charge is 0.336 e. The van der Waals surface area contributed by atoms with Crippen molar-refractivity contribution < 1.29 is 13.2 Å². The van der Waals surface area contributed by atoms with Gasteiger partial charge < -0.3 is 4.90 Å². The van der Waals surface area contributed by atoms with E-state index < -0.39 is 9.05 Å². The van der Waals surface area contributed by atoms with Gasteiger partial charge in [-0.2, -0.15) is 0 Å². The van der Waals surface area contributed by atoms with E-state index in [0.717, 1.165) is 6.42 Å². The minimum Gasteiger partial charge on any atom is -0.336 e. The lowest BCUT2D eigenvalue weighted by atomic mass is 10.1. The van der Waals surface area contributed by atoms with E-state index in [1.54, 1.807) is 11.0 Å². The number of rotatable bonds is 5. The van der Waals surface area contributed by atoms with Crippen molar-refractivity contribution in [2.24, 2.45) is 0 Å². The van der Waals surface area contributed by atoms with Crippen LogP contribution in [0.3, 0.4) is 0 Å². The molecular weight excluding hydrogens is 366 g/mol. The molecule has 0 aliphatic heterocycles. The van der Waals surface area contributed by atoms with Crippen molar-refractivity contribution in [2.45, 2.75) is 38.1 Å². The van der Waals surface area contributed by atoms with Gasteiger partial charge in [-0.15, -0.1) is 0 Å². The zero-order valence-electron chi connectivity index (χ0n) is 11.6. The lowest BCUT2D eigenvalue weighted by molar-refractivity contribution is 0.0699. The van der Waals surface area contributed by atoms with Crippen LogP contribution in [0.5, 0.6) is 0 Å². The number of amides is 1. The summed E-state index contributed by atoms with van der Waals surface area (Å²) in [5, 5.41) is 0. The monoisotopic (exact) mass is 381 g/mol. The summed E-state index contributed by atoms with van der Waals surface area (Å²) in [5.41, 5.74) is 0.314. The van der Waals surface area contributed by atoms with Crippen LogP contribution in [0.4, 0.5) is 0 Å². The predicted molar refractivity (Wildman–Crippen MR) is 83.6 cm³/mol. The Kier molecular flexibility index (Phi) is 6.04. The van der Waals surface area contributed by atoms with Crippen molar-refractivity contribution in [3.63, 3.8) is 0 Å². The van der Waals surface area contributed by atoms with Gasteiger partial charge in [0.15, 0.2) is 0 Å². The Balaban J connectivity index is 3.24. The van der Waals surface area contributed by atoms with Crippen molar-refractivity contribution in [1.29, 1.82) is 0 Å². The van der Waals surface area contributed by atoms with Gasteiger partial charge in [-0.3, -0.25) is 4.79 Å². The number of carbonyl (C=O) groups excluding carboxylic acids is 1. The van der Waals surface area contributed by atoms with Gasteiger partial charge in [0.2, 0.25) is 0 Å². The standard InChI is InChI=1S/C13H17BrClNO3S/c1-4-9(3)16(5-2)13(17)10-6-7-11(14)12(8-10)20(15,18)19/h6-9H,4-5H2,1-3H3. The maximum absolute atomic E-state index is 12.4. The molecule has 0 aliphatic carbocycles. The molecule has 112 valence electrons. The average Bonchev–Trinajstić information content (AvgIpc) is 2.38. The fourth-order valence-electron chi connectivity index (χ4n) is 1.86. The van der Waals surface area contributed by atoms with Crippen LogP contribution < -0.4 is 0 Å². The highest BCUT2D eigenvalue weighted by molar-refractivity contribution is 9.10. The molecule has 1 aromatic carbocycles. The van der Waals surface area contributed by atoms with Gasteiger partial charge in [-0.1, -0.05) is 6.92 Å². The number of benzene rings is 1. The summed E-state index contributed by atoms with van der Waals surface area (Å²) < 4.78 is 23.3. The highest BCUT2D eigenvalue weighted by Crippen LogP contribution is 2.27. The number of carbonyl (C=O) groups is 1. The second-order valence-electron chi connectivity index (χ2n) is 4.43. The zero-order valence-corrected chi connectivity index (χ0v) is 14.7. The molecule has 4 nitrogen and oxygen atoms in total. The SMILES string of the molecule is CCC(C)N(CC)C(=O)c1ccc(Br)c(S(=O)(=O)Cl)c1. The van der Waals surface area contributed by atoms with Gasteiger partial charge in [0.05, 0.1) is 4.90 Å². The van der Waals surface area contributed by atoms with Gasteiger partial charge in [0.25, 0.3) is 15.0 Å². The third-order valence-corrected chi connectivity index (χ3v) is 5.48. The molecule has 1 atom stereocenters. The van der Waals surface area contributed by atoms with Crippen LogP contribution in [0.2, 0.25) is 0 Å². The smallest absolute Gasteiger partial charge is 0.262 e. The first kappa shape index (κ1) is 17.5. The van der Waals surface area contributed by atoms with E-state index in [1.807, 2.05) is 20.8 Å². The Morgan fingerprint density at radius 2 is 2.00 bits per heavy atom. The highest BCUT2D eigenvalue weighted by atomic mass is 79.9. The minimum absolute atomic E-state index is 0.0900. The Labute approximate surface area is 132 Å². The maximum Gasteiger partial charge on any atom is 0.262 e. The molecule has 0 radical (unpaired) electrons. The summed E-state index contributed by atoms with van der Waals surface area (Å²) in [7, 11) is 1.47. The van der Waals surface area contributed by atoms with Crippen LogP contribution in [-0.4, -0.2) is 31.8 Å². The summed E-state index contributed by atoms with van der Waals surface area (Å²) in [6, 6.07) is 4.50. The number of halogens is 2. The normalized spacial score (nSPS) is 13.1. The molecule has 0 N–H and O–H groups in total. The van der Waals surface area contributed by atoms with E-state index in [9.17, 15) is 13.2 Å². The molecule has 20 heavy (non-hydrogen) atoms. The van der Waals surface area contributed by atoms with E-state index in [0.29, 0.717) is 16.6 Å². The highest BCUT2D eigenvalue weighted by Gasteiger charge is 2.22. The Bertz CT molecular complexity index is 604. The van der Waals surface area contributed by atoms with E-state index in [2.05, 4.69) is 15.9 Å². The molecule has 0 fully saturated rings. The molecular formula is C13H17BrClNO3S. The maximum atomic E-state index is 12.4. The minimum atomic E-state index is -3.89. The van der Waals surface area contributed by atoms with Crippen molar-refractivity contribution in [1.82, 2.24) is 4.90 Å². The predicted octanol–water partition coefficient (Wildman–Crippen LogP) is 3.64. The quantitative estimate of drug-likeness (QED) is 0.731. The molecule has 1 amide bonds. The van der Waals surface area contributed by atoms with Crippen molar-refractivity contribution in [3.8, 4) is 0 Å². The van der Waals surface area contributed by atoms with Gasteiger partial charge >= 0.3 is 0 Å². The molecule has 0 aromatic heterocycles. The number of hydrogen-bond donors (Lipinski definition) is 0. The summed E-state index contributed by atoms with van der Waals surface area (Å²) in [6.45, 7) is 6.41. The molecule has 0 bridgehead atoms. The third-order valence-electron chi connectivity index (χ3n) is 3.17. The third kappa shape index (κ3) is 3.96. The van der Waals surface area contributed by atoms with Crippen molar-refractivity contribution in [2.75, 3.05) is 6.54 Å². The molecule has 0 heterocycles. The summed E-state index contributed by atoms with van der Waals surface area (Å²) in [5.74, 6) is -0.198. The first-order chi connectivity index (χ1) is 9.22. The van der Waals surface area contributed by atoms with E-state index in [1.165, 1.54) is 12.1 Å². The topological polar surface area (TPSA) is 54.5 Å². The molecule has 0 saturated carbocycles. The van der Waals surface area contributed by atoms with Gasteiger partial charge in [0, 0.05) is 33.3 Å². The summed E-state index contributed by atoms with van der Waals surface area (Å²) in [4.78, 5) is 14.0. The Morgan fingerprint density at radius 1 is 1.40 bits per heavy atom. The van der Waals surface area contributed by atoms with Crippen LogP contribution in [0.25, 0.3) is 0 Å². The van der Waals surface area contributed by atoms with Crippen LogP contribution in [-0.2, 0) is 9.05 Å². The first-order valence-electron chi connectivity index (χ1n) is 6.27. The molecule has 7 heteroatoms. The number of nitrogens with zero attached hydrogens (tertiary/aromatic N) is 1. The summed E-state index contributed by atoms with van der Waals surface area (Å²) in [6.07, 6.45) is 0.830. The lowest BCUT2D eigenvalue weighted by Crippen LogP contribution is -2.38. The van der Waals surface area contributed by atoms with Crippen molar-refractivity contribution >= 4 is 41.6 Å².